The summed E-state index contributed by atoms with van der Waals surface area (Å²) in [5.74, 6) is -0.786. The Labute approximate surface area is 126 Å². The van der Waals surface area contributed by atoms with E-state index >= 15 is 0 Å². The van der Waals surface area contributed by atoms with Gasteiger partial charge in [0.25, 0.3) is 0 Å². The van der Waals surface area contributed by atoms with Gasteiger partial charge in [-0.2, -0.15) is 26.3 Å². The van der Waals surface area contributed by atoms with E-state index in [9.17, 15) is 5.26 Å². The minimum atomic E-state index is -0.316. The molecule has 0 amide bonds. The molecule has 0 aliphatic rings. The molecule has 0 spiro atoms. The SMILES string of the molecule is N#CCCCC(C#N)CC(C#N)CC(C#N)CCCC#N. The summed E-state index contributed by atoms with van der Waals surface area (Å²) < 4.78 is 0. The molecule has 0 saturated carbocycles. The minimum absolute atomic E-state index is 0.235. The molecular weight excluding hydrogens is 262 g/mol. The van der Waals surface area contributed by atoms with Crippen LogP contribution in [0.4, 0.5) is 0 Å². The van der Waals surface area contributed by atoms with Crippen LogP contribution in [0, 0.1) is 74.4 Å². The fourth-order valence-electron chi connectivity index (χ4n) is 2.21. The van der Waals surface area contributed by atoms with Crippen molar-refractivity contribution in [2.75, 3.05) is 0 Å². The average Bonchev–Trinajstić information content (AvgIpc) is 2.51. The molecule has 0 saturated heterocycles. The first-order valence-corrected chi connectivity index (χ1v) is 7.14. The van der Waals surface area contributed by atoms with Crippen LogP contribution in [-0.2, 0) is 0 Å². The van der Waals surface area contributed by atoms with E-state index in [1.807, 2.05) is 12.1 Å². The molecule has 2 atom stereocenters. The maximum absolute atomic E-state index is 9.18. The molecule has 0 aliphatic carbocycles. The van der Waals surface area contributed by atoms with Crippen LogP contribution in [0.5, 0.6) is 0 Å². The summed E-state index contributed by atoms with van der Waals surface area (Å²) in [5.41, 5.74) is 0. The third kappa shape index (κ3) is 9.05. The first kappa shape index (κ1) is 18.4. The van der Waals surface area contributed by atoms with E-state index in [1.165, 1.54) is 0 Å². The summed E-state index contributed by atoms with van der Waals surface area (Å²) in [4.78, 5) is 0. The lowest BCUT2D eigenvalue weighted by atomic mass is 9.85. The maximum Gasteiger partial charge on any atom is 0.0656 e. The second-order valence-electron chi connectivity index (χ2n) is 5.05. The van der Waals surface area contributed by atoms with Gasteiger partial charge in [0.2, 0.25) is 0 Å². The Bertz CT molecular complexity index is 451. The number of hydrogen-bond acceptors (Lipinski definition) is 5. The van der Waals surface area contributed by atoms with Gasteiger partial charge in [0.05, 0.1) is 30.3 Å². The number of hydrogen-bond donors (Lipinski definition) is 0. The summed E-state index contributed by atoms with van der Waals surface area (Å²) >= 11 is 0. The van der Waals surface area contributed by atoms with Gasteiger partial charge in [-0.25, -0.2) is 0 Å². The Morgan fingerprint density at radius 1 is 0.571 bits per heavy atom. The van der Waals surface area contributed by atoms with E-state index in [-0.39, 0.29) is 17.8 Å². The minimum Gasteiger partial charge on any atom is -0.198 e. The van der Waals surface area contributed by atoms with Crippen molar-refractivity contribution in [1.29, 1.82) is 26.3 Å². The summed E-state index contributed by atoms with van der Waals surface area (Å²) in [6.45, 7) is 0. The molecule has 0 fully saturated rings. The lowest BCUT2D eigenvalue weighted by Gasteiger charge is -2.15. The largest absolute Gasteiger partial charge is 0.198 e. The van der Waals surface area contributed by atoms with E-state index in [0.717, 1.165) is 0 Å². The highest BCUT2D eigenvalue weighted by Crippen LogP contribution is 2.25. The monoisotopic (exact) mass is 281 g/mol. The van der Waals surface area contributed by atoms with Crippen LogP contribution < -0.4 is 0 Å². The Morgan fingerprint density at radius 2 is 0.952 bits per heavy atom. The fraction of sp³-hybridized carbons (Fsp3) is 0.688. The number of unbranched alkanes of at least 4 members (excludes halogenated alkanes) is 2. The van der Waals surface area contributed by atoms with Crippen molar-refractivity contribution in [1.82, 2.24) is 0 Å². The molecule has 0 N–H and O–H groups in total. The molecule has 0 aliphatic heterocycles. The molecule has 5 nitrogen and oxygen atoms in total. The van der Waals surface area contributed by atoms with E-state index in [4.69, 9.17) is 21.0 Å². The second kappa shape index (κ2) is 12.5. The highest BCUT2D eigenvalue weighted by molar-refractivity contribution is 4.96. The first-order chi connectivity index (χ1) is 10.2. The lowest BCUT2D eigenvalue weighted by molar-refractivity contribution is 0.395. The fourth-order valence-corrected chi connectivity index (χ4v) is 2.21. The number of rotatable bonds is 10. The van der Waals surface area contributed by atoms with Crippen molar-refractivity contribution in [3.05, 3.63) is 0 Å². The Kier molecular flexibility index (Phi) is 11.0. The van der Waals surface area contributed by atoms with Crippen molar-refractivity contribution in [2.24, 2.45) is 17.8 Å². The smallest absolute Gasteiger partial charge is 0.0656 e. The van der Waals surface area contributed by atoms with E-state index < -0.39 is 0 Å². The molecule has 0 aromatic carbocycles. The molecule has 0 bridgehead atoms. The topological polar surface area (TPSA) is 119 Å². The van der Waals surface area contributed by atoms with Crippen LogP contribution in [0.25, 0.3) is 0 Å². The van der Waals surface area contributed by atoms with Crippen LogP contribution in [0.3, 0.4) is 0 Å². The first-order valence-electron chi connectivity index (χ1n) is 7.14. The van der Waals surface area contributed by atoms with Gasteiger partial charge in [0, 0.05) is 30.6 Å². The highest BCUT2D eigenvalue weighted by atomic mass is 14.3. The molecule has 0 heterocycles. The number of nitriles is 5. The lowest BCUT2D eigenvalue weighted by Crippen LogP contribution is -2.11. The van der Waals surface area contributed by atoms with Crippen LogP contribution in [0.1, 0.15) is 51.4 Å². The second-order valence-corrected chi connectivity index (χ2v) is 5.05. The van der Waals surface area contributed by atoms with Gasteiger partial charge in [-0.05, 0) is 38.5 Å². The molecule has 0 rings (SSSR count). The van der Waals surface area contributed by atoms with Crippen molar-refractivity contribution in [2.45, 2.75) is 51.4 Å². The van der Waals surface area contributed by atoms with Crippen molar-refractivity contribution in [3.8, 4) is 30.3 Å². The van der Waals surface area contributed by atoms with Crippen LogP contribution >= 0.6 is 0 Å². The summed E-state index contributed by atoms with van der Waals surface area (Å²) in [7, 11) is 0. The predicted molar refractivity (Wildman–Crippen MR) is 75.5 cm³/mol. The zero-order valence-electron chi connectivity index (χ0n) is 12.1. The summed E-state index contributed by atoms with van der Waals surface area (Å²) in [5, 5.41) is 44.3. The third-order valence-electron chi connectivity index (χ3n) is 3.37. The zero-order valence-corrected chi connectivity index (χ0v) is 12.1. The van der Waals surface area contributed by atoms with Crippen LogP contribution in [0.15, 0.2) is 0 Å². The normalized spacial score (nSPS) is 13.5. The van der Waals surface area contributed by atoms with Crippen molar-refractivity contribution >= 4 is 0 Å². The standard InChI is InChI=1S/C16H19N5/c17-7-3-1-5-14(11-19)9-16(13-21)10-15(12-20)6-2-4-8-18/h14-16H,1-6,9-10H2. The van der Waals surface area contributed by atoms with E-state index in [2.05, 4.69) is 18.2 Å². The Hall–Kier alpha value is -2.55. The van der Waals surface area contributed by atoms with Gasteiger partial charge < -0.3 is 0 Å². The van der Waals surface area contributed by atoms with Gasteiger partial charge in [0.15, 0.2) is 0 Å². The predicted octanol–water partition coefficient (Wildman–Crippen LogP) is 3.57. The summed E-state index contributed by atoms with van der Waals surface area (Å²) in [6, 6.07) is 10.6. The zero-order chi connectivity index (χ0) is 15.9. The average molecular weight is 281 g/mol. The quantitative estimate of drug-likeness (QED) is 0.567. The molecule has 0 aromatic heterocycles. The molecule has 0 radical (unpaired) electrons. The third-order valence-corrected chi connectivity index (χ3v) is 3.37. The molecule has 2 unspecified atom stereocenters. The molecular formula is C16H19N5. The van der Waals surface area contributed by atoms with Gasteiger partial charge in [0.1, 0.15) is 0 Å². The van der Waals surface area contributed by atoms with Crippen LogP contribution in [-0.4, -0.2) is 0 Å². The van der Waals surface area contributed by atoms with Gasteiger partial charge in [-0.1, -0.05) is 0 Å². The Morgan fingerprint density at radius 3 is 1.24 bits per heavy atom. The maximum atomic E-state index is 9.18. The summed E-state index contributed by atoms with van der Waals surface area (Å²) in [6.07, 6.45) is 4.31. The number of nitrogens with zero attached hydrogens (tertiary/aromatic N) is 5. The van der Waals surface area contributed by atoms with Gasteiger partial charge in [-0.15, -0.1) is 0 Å². The molecule has 108 valence electrons. The Balaban J connectivity index is 4.33. The highest BCUT2D eigenvalue weighted by Gasteiger charge is 2.20. The van der Waals surface area contributed by atoms with Crippen molar-refractivity contribution in [3.63, 3.8) is 0 Å². The molecule has 5 heteroatoms. The van der Waals surface area contributed by atoms with Gasteiger partial charge in [-0.3, -0.25) is 0 Å². The van der Waals surface area contributed by atoms with Crippen LogP contribution in [0.2, 0.25) is 0 Å². The molecule has 0 aromatic rings. The molecule has 21 heavy (non-hydrogen) atoms. The van der Waals surface area contributed by atoms with E-state index in [1.54, 1.807) is 0 Å². The van der Waals surface area contributed by atoms with Crippen molar-refractivity contribution < 1.29 is 0 Å². The van der Waals surface area contributed by atoms with Gasteiger partial charge >= 0.3 is 0 Å². The van der Waals surface area contributed by atoms with E-state index in [0.29, 0.717) is 51.4 Å².